The van der Waals surface area contributed by atoms with Gasteiger partial charge in [0.05, 0.1) is 11.9 Å². The summed E-state index contributed by atoms with van der Waals surface area (Å²) in [6, 6.07) is 4.69. The largest absolute Gasteiger partial charge is 0.393 e. The molecule has 2 rings (SSSR count). The molecule has 0 amide bonds. The molecule has 0 bridgehead atoms. The van der Waals surface area contributed by atoms with E-state index >= 15 is 0 Å². The fourth-order valence-corrected chi connectivity index (χ4v) is 2.48. The maximum Gasteiger partial charge on any atom is 0.393 e. The Kier molecular flexibility index (Phi) is 3.99. The molecule has 1 aromatic heterocycles. The number of pyridine rings is 1. The Bertz CT molecular complexity index is 667. The predicted octanol–water partition coefficient (Wildman–Crippen LogP) is 4.37. The van der Waals surface area contributed by atoms with Crippen molar-refractivity contribution >= 4 is 28.8 Å². The van der Waals surface area contributed by atoms with Crippen LogP contribution in [0.3, 0.4) is 0 Å². The lowest BCUT2D eigenvalue weighted by molar-refractivity contribution is -0.127. The summed E-state index contributed by atoms with van der Waals surface area (Å²) >= 11 is 5.89. The molecule has 0 aliphatic rings. The molecule has 0 spiro atoms. The lowest BCUT2D eigenvalue weighted by Gasteiger charge is -2.15. The average Bonchev–Trinajstić information content (AvgIpc) is 2.37. The first-order chi connectivity index (χ1) is 9.35. The molecule has 0 aliphatic heterocycles. The van der Waals surface area contributed by atoms with Crippen LogP contribution in [0.1, 0.15) is 28.4 Å². The number of fused-ring (bicyclic) bond motifs is 1. The molecule has 106 valence electrons. The van der Waals surface area contributed by atoms with E-state index in [0.717, 1.165) is 0 Å². The van der Waals surface area contributed by atoms with Crippen LogP contribution >= 0.6 is 11.6 Å². The van der Waals surface area contributed by atoms with Crippen molar-refractivity contribution in [3.63, 3.8) is 0 Å². The fraction of sp³-hybridized carbons (Fsp3) is 0.286. The van der Waals surface area contributed by atoms with Crippen LogP contribution in [0.25, 0.3) is 10.9 Å². The smallest absolute Gasteiger partial charge is 0.298 e. The number of halogens is 4. The van der Waals surface area contributed by atoms with Crippen molar-refractivity contribution in [3.8, 4) is 0 Å². The topological polar surface area (TPSA) is 30.0 Å². The zero-order valence-electron chi connectivity index (χ0n) is 10.6. The van der Waals surface area contributed by atoms with Crippen LogP contribution in [0, 0.1) is 0 Å². The Hall–Kier alpha value is -1.62. The van der Waals surface area contributed by atoms with Gasteiger partial charge in [0, 0.05) is 16.5 Å². The van der Waals surface area contributed by atoms with Gasteiger partial charge in [-0.3, -0.25) is 4.79 Å². The van der Waals surface area contributed by atoms with E-state index in [2.05, 4.69) is 4.98 Å². The number of hydrogen-bond donors (Lipinski definition) is 0. The lowest BCUT2D eigenvalue weighted by Crippen LogP contribution is -2.14. The van der Waals surface area contributed by atoms with E-state index in [4.69, 9.17) is 11.6 Å². The van der Waals surface area contributed by atoms with Crippen molar-refractivity contribution < 1.29 is 18.0 Å². The minimum absolute atomic E-state index is 0.0165. The maximum atomic E-state index is 12.6. The van der Waals surface area contributed by atoms with E-state index in [1.807, 2.05) is 0 Å². The van der Waals surface area contributed by atoms with Gasteiger partial charge < -0.3 is 0 Å². The summed E-state index contributed by atoms with van der Waals surface area (Å²) in [6.07, 6.45) is -4.45. The summed E-state index contributed by atoms with van der Waals surface area (Å²) in [4.78, 5) is 14.8. The molecule has 20 heavy (non-hydrogen) atoms. The van der Waals surface area contributed by atoms with Crippen LogP contribution in [0.5, 0.6) is 0 Å². The first kappa shape index (κ1) is 14.8. The standard InChI is InChI=1S/C14H11ClF3NO/c1-2-9-10-5-8(7-20)3-4-12(10)19-13(15)11(9)6-14(16,17)18/h3-5,7H,2,6H2,1H3. The van der Waals surface area contributed by atoms with Gasteiger partial charge in [0.2, 0.25) is 0 Å². The van der Waals surface area contributed by atoms with Crippen LogP contribution in [-0.2, 0) is 12.8 Å². The number of aryl methyl sites for hydroxylation is 1. The molecular formula is C14H11ClF3NO. The molecule has 0 aliphatic carbocycles. The fourth-order valence-electron chi connectivity index (χ4n) is 2.21. The first-order valence-electron chi connectivity index (χ1n) is 5.98. The second kappa shape index (κ2) is 5.40. The van der Waals surface area contributed by atoms with Gasteiger partial charge in [-0.1, -0.05) is 18.5 Å². The van der Waals surface area contributed by atoms with E-state index in [1.165, 1.54) is 0 Å². The van der Waals surface area contributed by atoms with Gasteiger partial charge in [0.15, 0.2) is 0 Å². The molecular weight excluding hydrogens is 291 g/mol. The van der Waals surface area contributed by atoms with Gasteiger partial charge in [0.25, 0.3) is 0 Å². The average molecular weight is 302 g/mol. The Labute approximate surface area is 118 Å². The number of benzene rings is 1. The first-order valence-corrected chi connectivity index (χ1v) is 6.36. The molecule has 0 unspecified atom stereocenters. The number of aromatic nitrogens is 1. The molecule has 0 N–H and O–H groups in total. The lowest BCUT2D eigenvalue weighted by atomic mass is 9.98. The quantitative estimate of drug-likeness (QED) is 0.622. The van der Waals surface area contributed by atoms with Crippen molar-refractivity contribution in [2.24, 2.45) is 0 Å². The second-order valence-electron chi connectivity index (χ2n) is 4.40. The summed E-state index contributed by atoms with van der Waals surface area (Å²) in [7, 11) is 0. The van der Waals surface area contributed by atoms with Gasteiger partial charge in [-0.15, -0.1) is 0 Å². The van der Waals surface area contributed by atoms with Gasteiger partial charge >= 0.3 is 6.18 Å². The molecule has 0 fully saturated rings. The monoisotopic (exact) mass is 301 g/mol. The summed E-state index contributed by atoms with van der Waals surface area (Å²) in [5, 5.41) is 0.409. The van der Waals surface area contributed by atoms with Crippen LogP contribution in [0.2, 0.25) is 5.15 Å². The molecule has 0 atom stereocenters. The number of carbonyl (C=O) groups excluding carboxylic acids is 1. The molecule has 0 radical (unpaired) electrons. The number of hydrogen-bond acceptors (Lipinski definition) is 2. The summed E-state index contributed by atoms with van der Waals surface area (Å²) in [5.74, 6) is 0. The zero-order valence-corrected chi connectivity index (χ0v) is 11.3. The third-order valence-electron chi connectivity index (χ3n) is 3.04. The van der Waals surface area contributed by atoms with Gasteiger partial charge in [0.1, 0.15) is 11.4 Å². The third kappa shape index (κ3) is 2.93. The number of rotatable bonds is 3. The Morgan fingerprint density at radius 3 is 2.55 bits per heavy atom. The second-order valence-corrected chi connectivity index (χ2v) is 4.76. The van der Waals surface area contributed by atoms with Gasteiger partial charge in [-0.2, -0.15) is 13.2 Å². The van der Waals surface area contributed by atoms with E-state index in [-0.39, 0.29) is 10.7 Å². The zero-order chi connectivity index (χ0) is 14.9. The predicted molar refractivity (Wildman–Crippen MR) is 71.3 cm³/mol. The van der Waals surface area contributed by atoms with E-state index in [9.17, 15) is 18.0 Å². The van der Waals surface area contributed by atoms with Crippen LogP contribution in [0.15, 0.2) is 18.2 Å². The molecule has 2 nitrogen and oxygen atoms in total. The van der Waals surface area contributed by atoms with Crippen LogP contribution < -0.4 is 0 Å². The Balaban J connectivity index is 2.73. The normalized spacial score (nSPS) is 11.8. The highest BCUT2D eigenvalue weighted by Crippen LogP contribution is 2.32. The Morgan fingerprint density at radius 2 is 2.00 bits per heavy atom. The maximum absolute atomic E-state index is 12.6. The number of alkyl halides is 3. The molecule has 1 aromatic carbocycles. The number of carbonyl (C=O) groups is 1. The van der Waals surface area contributed by atoms with Crippen LogP contribution in [-0.4, -0.2) is 17.4 Å². The molecule has 1 heterocycles. The van der Waals surface area contributed by atoms with Crippen LogP contribution in [0.4, 0.5) is 13.2 Å². The summed E-state index contributed by atoms with van der Waals surface area (Å²) in [5.41, 5.74) is 1.36. The van der Waals surface area contributed by atoms with Crippen molar-refractivity contribution in [3.05, 3.63) is 40.0 Å². The van der Waals surface area contributed by atoms with Gasteiger partial charge in [-0.05, 0) is 30.2 Å². The third-order valence-corrected chi connectivity index (χ3v) is 3.36. The molecule has 6 heteroatoms. The SMILES string of the molecule is CCc1c(CC(F)(F)F)c(Cl)nc2ccc(C=O)cc12. The van der Waals surface area contributed by atoms with E-state index < -0.39 is 12.6 Å². The summed E-state index contributed by atoms with van der Waals surface area (Å²) in [6.45, 7) is 1.75. The molecule has 0 saturated carbocycles. The minimum atomic E-state index is -4.36. The minimum Gasteiger partial charge on any atom is -0.298 e. The van der Waals surface area contributed by atoms with Crippen molar-refractivity contribution in [1.82, 2.24) is 4.98 Å². The highest BCUT2D eigenvalue weighted by molar-refractivity contribution is 6.30. The number of nitrogens with zero attached hydrogens (tertiary/aromatic N) is 1. The highest BCUT2D eigenvalue weighted by Gasteiger charge is 2.31. The van der Waals surface area contributed by atoms with E-state index in [0.29, 0.717) is 34.7 Å². The number of aldehydes is 1. The molecule has 0 saturated heterocycles. The summed E-state index contributed by atoms with van der Waals surface area (Å²) < 4.78 is 37.9. The van der Waals surface area contributed by atoms with Gasteiger partial charge in [-0.25, -0.2) is 4.98 Å². The Morgan fingerprint density at radius 1 is 1.30 bits per heavy atom. The molecule has 2 aromatic rings. The van der Waals surface area contributed by atoms with Crippen molar-refractivity contribution in [2.75, 3.05) is 0 Å². The highest BCUT2D eigenvalue weighted by atomic mass is 35.5. The van der Waals surface area contributed by atoms with E-state index in [1.54, 1.807) is 25.1 Å². The van der Waals surface area contributed by atoms with Crippen molar-refractivity contribution in [1.29, 1.82) is 0 Å². The van der Waals surface area contributed by atoms with Crippen molar-refractivity contribution in [2.45, 2.75) is 25.9 Å².